The summed E-state index contributed by atoms with van der Waals surface area (Å²) in [5.74, 6) is -1.23. The number of halogens is 1. The molecule has 1 amide bonds. The monoisotopic (exact) mass is 385 g/mol. The third kappa shape index (κ3) is 3.92. The molecule has 1 unspecified atom stereocenters. The van der Waals surface area contributed by atoms with Crippen molar-refractivity contribution in [1.29, 1.82) is 0 Å². The van der Waals surface area contributed by atoms with Gasteiger partial charge in [0.25, 0.3) is 0 Å². The number of carbonyl (C=O) groups excluding carboxylic acids is 1. The summed E-state index contributed by atoms with van der Waals surface area (Å²) in [4.78, 5) is 11.5. The van der Waals surface area contributed by atoms with Crippen LogP contribution in [0.1, 0.15) is 38.5 Å². The predicted octanol–water partition coefficient (Wildman–Crippen LogP) is 2.32. The van der Waals surface area contributed by atoms with Crippen LogP contribution in [0, 0.1) is 5.41 Å². The first-order valence-electron chi connectivity index (χ1n) is 8.76. The minimum absolute atomic E-state index is 0.0478. The van der Waals surface area contributed by atoms with E-state index >= 15 is 0 Å². The second-order valence-electron chi connectivity index (χ2n) is 7.22. The maximum atomic E-state index is 14.9. The van der Waals surface area contributed by atoms with Crippen LogP contribution < -0.4 is 5.73 Å². The summed E-state index contributed by atoms with van der Waals surface area (Å²) in [6.07, 6.45) is 1.55. The SMILES string of the molecule is NC(=O)CC1(CC(F)S(=O)(=O)c2ccccc2)CCC2(CC1)OCCO2. The van der Waals surface area contributed by atoms with Gasteiger partial charge in [-0.05, 0) is 36.8 Å². The first-order chi connectivity index (χ1) is 12.3. The molecule has 8 heteroatoms. The number of hydrogen-bond acceptors (Lipinski definition) is 5. The van der Waals surface area contributed by atoms with Gasteiger partial charge < -0.3 is 15.2 Å². The fourth-order valence-corrected chi connectivity index (χ4v) is 5.38. The van der Waals surface area contributed by atoms with Crippen LogP contribution >= 0.6 is 0 Å². The summed E-state index contributed by atoms with van der Waals surface area (Å²) in [5, 5.41) is 0. The zero-order valence-corrected chi connectivity index (χ0v) is 15.3. The van der Waals surface area contributed by atoms with E-state index in [0.29, 0.717) is 38.9 Å². The van der Waals surface area contributed by atoms with Crippen molar-refractivity contribution in [2.45, 2.75) is 54.7 Å². The lowest BCUT2D eigenvalue weighted by molar-refractivity contribution is -0.193. The largest absolute Gasteiger partial charge is 0.370 e. The molecule has 6 nitrogen and oxygen atoms in total. The fraction of sp³-hybridized carbons (Fsp3) is 0.611. The van der Waals surface area contributed by atoms with Crippen LogP contribution in [0.25, 0.3) is 0 Å². The van der Waals surface area contributed by atoms with Crippen LogP contribution in [-0.4, -0.2) is 38.8 Å². The lowest BCUT2D eigenvalue weighted by Crippen LogP contribution is -2.43. The van der Waals surface area contributed by atoms with E-state index in [-0.39, 0.29) is 17.7 Å². The van der Waals surface area contributed by atoms with Crippen LogP contribution in [0.2, 0.25) is 0 Å². The highest BCUT2D eigenvalue weighted by atomic mass is 32.2. The van der Waals surface area contributed by atoms with E-state index in [9.17, 15) is 17.6 Å². The number of carbonyl (C=O) groups is 1. The van der Waals surface area contributed by atoms with E-state index in [1.54, 1.807) is 18.2 Å². The van der Waals surface area contributed by atoms with Crippen LogP contribution in [0.4, 0.5) is 4.39 Å². The Kier molecular flexibility index (Phi) is 5.37. The Bertz CT molecular complexity index is 736. The van der Waals surface area contributed by atoms with Crippen LogP contribution in [0.15, 0.2) is 35.2 Å². The van der Waals surface area contributed by atoms with Gasteiger partial charge in [-0.3, -0.25) is 4.79 Å². The van der Waals surface area contributed by atoms with Gasteiger partial charge in [-0.1, -0.05) is 18.2 Å². The molecule has 1 heterocycles. The van der Waals surface area contributed by atoms with Crippen LogP contribution in [-0.2, 0) is 24.1 Å². The zero-order chi connectivity index (χ0) is 18.8. The van der Waals surface area contributed by atoms with E-state index in [1.165, 1.54) is 12.1 Å². The highest BCUT2D eigenvalue weighted by Gasteiger charge is 2.49. The standard InChI is InChI=1S/C18H24FNO5S/c19-15(26(22,23)14-4-2-1-3-5-14)12-17(13-16(20)21)6-8-18(9-7-17)24-10-11-25-18/h1-5,15H,6-13H2,(H2,20,21). The molecule has 2 N–H and O–H groups in total. The van der Waals surface area contributed by atoms with Gasteiger partial charge in [-0.15, -0.1) is 0 Å². The first-order valence-corrected chi connectivity index (χ1v) is 10.3. The maximum Gasteiger partial charge on any atom is 0.217 e. The molecular formula is C18H24FNO5S. The first kappa shape index (κ1) is 19.3. The maximum absolute atomic E-state index is 14.9. The molecule has 1 saturated heterocycles. The van der Waals surface area contributed by atoms with Gasteiger partial charge in [0.1, 0.15) is 0 Å². The number of primary amides is 1. The second kappa shape index (κ2) is 7.25. The fourth-order valence-electron chi connectivity index (χ4n) is 3.98. The summed E-state index contributed by atoms with van der Waals surface area (Å²) in [5.41, 5.74) is 2.48. The number of rotatable bonds is 6. The molecule has 1 aliphatic heterocycles. The van der Waals surface area contributed by atoms with Gasteiger partial charge in [0.05, 0.1) is 18.1 Å². The minimum atomic E-state index is -4.12. The molecule has 0 aromatic heterocycles. The third-order valence-corrected chi connectivity index (χ3v) is 7.21. The van der Waals surface area contributed by atoms with Crippen molar-refractivity contribution in [3.05, 3.63) is 30.3 Å². The number of hydrogen-bond donors (Lipinski definition) is 1. The predicted molar refractivity (Wildman–Crippen MR) is 92.5 cm³/mol. The molecule has 1 spiro atoms. The molecule has 1 saturated carbocycles. The average Bonchev–Trinajstić information content (AvgIpc) is 3.07. The normalized spacial score (nSPS) is 23.0. The molecule has 0 radical (unpaired) electrons. The summed E-state index contributed by atoms with van der Waals surface area (Å²) in [6.45, 7) is 1.02. The Morgan fingerprint density at radius 1 is 1.12 bits per heavy atom. The Labute approximate surface area is 152 Å². The van der Waals surface area contributed by atoms with Crippen molar-refractivity contribution in [3.63, 3.8) is 0 Å². The smallest absolute Gasteiger partial charge is 0.217 e. The van der Waals surface area contributed by atoms with Gasteiger partial charge >= 0.3 is 0 Å². The van der Waals surface area contributed by atoms with Crippen molar-refractivity contribution in [2.75, 3.05) is 13.2 Å². The molecule has 2 fully saturated rings. The highest BCUT2D eigenvalue weighted by molar-refractivity contribution is 7.91. The van der Waals surface area contributed by atoms with Crippen molar-refractivity contribution in [2.24, 2.45) is 11.1 Å². The van der Waals surface area contributed by atoms with Crippen molar-refractivity contribution < 1.29 is 27.1 Å². The average molecular weight is 385 g/mol. The summed E-state index contributed by atoms with van der Waals surface area (Å²) < 4.78 is 51.3. The molecule has 0 bridgehead atoms. The van der Waals surface area contributed by atoms with Crippen LogP contribution in [0.5, 0.6) is 0 Å². The Morgan fingerprint density at radius 2 is 1.69 bits per heavy atom. The lowest BCUT2D eigenvalue weighted by atomic mass is 9.68. The van der Waals surface area contributed by atoms with Gasteiger partial charge in [-0.25, -0.2) is 12.8 Å². The topological polar surface area (TPSA) is 95.7 Å². The number of benzene rings is 1. The Hall–Kier alpha value is -1.51. The quantitative estimate of drug-likeness (QED) is 0.811. The molecule has 3 rings (SSSR count). The third-order valence-electron chi connectivity index (χ3n) is 5.44. The Morgan fingerprint density at radius 3 is 2.23 bits per heavy atom. The molecule has 144 valence electrons. The number of alkyl halides is 1. The Balaban J connectivity index is 1.77. The molecule has 26 heavy (non-hydrogen) atoms. The number of nitrogens with two attached hydrogens (primary N) is 1. The zero-order valence-electron chi connectivity index (χ0n) is 14.5. The van der Waals surface area contributed by atoms with E-state index in [4.69, 9.17) is 15.2 Å². The van der Waals surface area contributed by atoms with E-state index < -0.39 is 32.5 Å². The second-order valence-corrected chi connectivity index (χ2v) is 9.30. The van der Waals surface area contributed by atoms with Crippen molar-refractivity contribution >= 4 is 15.7 Å². The number of ether oxygens (including phenoxy) is 2. The van der Waals surface area contributed by atoms with Crippen molar-refractivity contribution in [3.8, 4) is 0 Å². The molecule has 1 aromatic rings. The lowest BCUT2D eigenvalue weighted by Gasteiger charge is -2.43. The molecule has 2 aliphatic rings. The van der Waals surface area contributed by atoms with Gasteiger partial charge in [0, 0.05) is 19.3 Å². The van der Waals surface area contributed by atoms with Gasteiger partial charge in [-0.2, -0.15) is 0 Å². The van der Waals surface area contributed by atoms with Gasteiger partial charge in [0.15, 0.2) is 5.79 Å². The minimum Gasteiger partial charge on any atom is -0.370 e. The van der Waals surface area contributed by atoms with Crippen molar-refractivity contribution in [1.82, 2.24) is 0 Å². The summed E-state index contributed by atoms with van der Waals surface area (Å²) >= 11 is 0. The number of amides is 1. The van der Waals surface area contributed by atoms with Gasteiger partial charge in [0.2, 0.25) is 21.2 Å². The van der Waals surface area contributed by atoms with E-state index in [0.717, 1.165) is 0 Å². The van der Waals surface area contributed by atoms with Crippen LogP contribution in [0.3, 0.4) is 0 Å². The van der Waals surface area contributed by atoms with E-state index in [2.05, 4.69) is 0 Å². The highest BCUT2D eigenvalue weighted by Crippen LogP contribution is 2.50. The molecule has 1 aliphatic carbocycles. The number of sulfone groups is 1. The summed E-state index contributed by atoms with van der Waals surface area (Å²) in [7, 11) is -4.12. The molecule has 1 atom stereocenters. The summed E-state index contributed by atoms with van der Waals surface area (Å²) in [6, 6.07) is 7.52. The van der Waals surface area contributed by atoms with E-state index in [1.807, 2.05) is 0 Å². The molecule has 1 aromatic carbocycles. The molecular weight excluding hydrogens is 361 g/mol.